The van der Waals surface area contributed by atoms with E-state index in [1.807, 2.05) is 7.05 Å². The molecule has 0 spiro atoms. The summed E-state index contributed by atoms with van der Waals surface area (Å²) in [4.78, 5) is 9.21. The predicted octanol–water partition coefficient (Wildman–Crippen LogP) is 0.619. The lowest BCUT2D eigenvalue weighted by Crippen LogP contribution is -2.57. The van der Waals surface area contributed by atoms with Crippen molar-refractivity contribution in [2.45, 2.75) is 38.3 Å². The summed E-state index contributed by atoms with van der Waals surface area (Å²) in [5.41, 5.74) is 0.130. The van der Waals surface area contributed by atoms with Crippen LogP contribution in [0.2, 0.25) is 0 Å². The highest BCUT2D eigenvalue weighted by Crippen LogP contribution is 2.24. The van der Waals surface area contributed by atoms with Crippen LogP contribution >= 0.6 is 0 Å². The minimum atomic E-state index is 0.130. The molecular weight excluding hydrogens is 330 g/mol. The standard InChI is InChI=1S/C19H39N5O2/c1-16(2)13-24-8-11-26-17(14-24)12-21-18(20-3)22-15-19(23(4)5)6-9-25-10-7-19/h16-17H,6-15H2,1-5H3,(H2,20,21,22). The molecule has 2 aliphatic heterocycles. The van der Waals surface area contributed by atoms with Crippen LogP contribution in [0.4, 0.5) is 0 Å². The Morgan fingerprint density at radius 2 is 1.96 bits per heavy atom. The summed E-state index contributed by atoms with van der Waals surface area (Å²) in [6.45, 7) is 11.8. The third kappa shape index (κ3) is 6.37. The van der Waals surface area contributed by atoms with Crippen LogP contribution < -0.4 is 10.6 Å². The zero-order valence-corrected chi connectivity index (χ0v) is 17.4. The van der Waals surface area contributed by atoms with Crippen LogP contribution in [0, 0.1) is 5.92 Å². The Morgan fingerprint density at radius 1 is 1.23 bits per heavy atom. The van der Waals surface area contributed by atoms with E-state index in [1.54, 1.807) is 0 Å². The average Bonchev–Trinajstić information content (AvgIpc) is 2.62. The molecule has 7 heteroatoms. The molecule has 2 N–H and O–H groups in total. The molecule has 7 nitrogen and oxygen atoms in total. The quantitative estimate of drug-likeness (QED) is 0.507. The van der Waals surface area contributed by atoms with Crippen LogP contribution in [0.5, 0.6) is 0 Å². The van der Waals surface area contributed by atoms with Gasteiger partial charge in [0.25, 0.3) is 0 Å². The van der Waals surface area contributed by atoms with E-state index in [-0.39, 0.29) is 11.6 Å². The van der Waals surface area contributed by atoms with Gasteiger partial charge in [-0.15, -0.1) is 0 Å². The van der Waals surface area contributed by atoms with Crippen LogP contribution in [-0.2, 0) is 9.47 Å². The summed E-state index contributed by atoms with van der Waals surface area (Å²) in [5.74, 6) is 1.54. The number of morpholine rings is 1. The normalized spacial score (nSPS) is 24.9. The van der Waals surface area contributed by atoms with Gasteiger partial charge in [0, 0.05) is 58.5 Å². The molecule has 2 rings (SSSR count). The number of aliphatic imine (C=N–C) groups is 1. The third-order valence-electron chi connectivity index (χ3n) is 5.52. The second kappa shape index (κ2) is 10.4. The van der Waals surface area contributed by atoms with E-state index in [0.717, 1.165) is 71.3 Å². The number of nitrogens with one attached hydrogen (secondary N) is 2. The van der Waals surface area contributed by atoms with Crippen molar-refractivity contribution >= 4 is 5.96 Å². The first kappa shape index (κ1) is 21.4. The Morgan fingerprint density at radius 3 is 2.58 bits per heavy atom. The monoisotopic (exact) mass is 369 g/mol. The van der Waals surface area contributed by atoms with Crippen LogP contribution in [0.3, 0.4) is 0 Å². The summed E-state index contributed by atoms with van der Waals surface area (Å²) in [6, 6.07) is 0. The summed E-state index contributed by atoms with van der Waals surface area (Å²) in [5, 5.41) is 6.96. The fraction of sp³-hybridized carbons (Fsp3) is 0.947. The van der Waals surface area contributed by atoms with Gasteiger partial charge in [0.2, 0.25) is 0 Å². The topological polar surface area (TPSA) is 61.4 Å². The fourth-order valence-electron chi connectivity index (χ4n) is 3.80. The number of hydrogen-bond donors (Lipinski definition) is 2. The van der Waals surface area contributed by atoms with Crippen molar-refractivity contribution < 1.29 is 9.47 Å². The summed E-state index contributed by atoms with van der Waals surface area (Å²) in [6.07, 6.45) is 2.30. The smallest absolute Gasteiger partial charge is 0.191 e. The van der Waals surface area contributed by atoms with Crippen molar-refractivity contribution in [3.63, 3.8) is 0 Å². The van der Waals surface area contributed by atoms with Crippen molar-refractivity contribution in [3.8, 4) is 0 Å². The van der Waals surface area contributed by atoms with Gasteiger partial charge in [-0.2, -0.15) is 0 Å². The summed E-state index contributed by atoms with van der Waals surface area (Å²) < 4.78 is 11.5. The van der Waals surface area contributed by atoms with Crippen molar-refractivity contribution in [2.75, 3.05) is 73.7 Å². The van der Waals surface area contributed by atoms with E-state index in [4.69, 9.17) is 9.47 Å². The van der Waals surface area contributed by atoms with Crippen molar-refractivity contribution in [2.24, 2.45) is 10.9 Å². The highest BCUT2D eigenvalue weighted by Gasteiger charge is 2.34. The number of guanidine groups is 1. The number of nitrogens with zero attached hydrogens (tertiary/aromatic N) is 3. The molecule has 2 saturated heterocycles. The molecule has 2 aliphatic rings. The molecule has 0 aromatic carbocycles. The molecule has 0 bridgehead atoms. The minimum absolute atomic E-state index is 0.130. The first-order valence-corrected chi connectivity index (χ1v) is 9.99. The van der Waals surface area contributed by atoms with Gasteiger partial charge in [0.15, 0.2) is 5.96 Å². The maximum atomic E-state index is 5.93. The van der Waals surface area contributed by atoms with Gasteiger partial charge in [0.1, 0.15) is 0 Å². The van der Waals surface area contributed by atoms with Gasteiger partial charge in [-0.05, 0) is 32.9 Å². The maximum Gasteiger partial charge on any atom is 0.191 e. The Hall–Kier alpha value is -0.890. The second-order valence-corrected chi connectivity index (χ2v) is 8.18. The molecule has 26 heavy (non-hydrogen) atoms. The minimum Gasteiger partial charge on any atom is -0.381 e. The first-order valence-electron chi connectivity index (χ1n) is 9.99. The molecule has 0 radical (unpaired) electrons. The van der Waals surface area contributed by atoms with Gasteiger partial charge in [-0.1, -0.05) is 13.8 Å². The number of ether oxygens (including phenoxy) is 2. The number of rotatable bonds is 7. The van der Waals surface area contributed by atoms with Gasteiger partial charge >= 0.3 is 0 Å². The van der Waals surface area contributed by atoms with Crippen LogP contribution in [-0.4, -0.2) is 101 Å². The molecule has 0 amide bonds. The number of hydrogen-bond acceptors (Lipinski definition) is 5. The maximum absolute atomic E-state index is 5.93. The Balaban J connectivity index is 1.78. The Labute approximate surface area is 159 Å². The molecule has 2 fully saturated rings. The highest BCUT2D eigenvalue weighted by molar-refractivity contribution is 5.79. The van der Waals surface area contributed by atoms with E-state index in [2.05, 4.69) is 53.4 Å². The average molecular weight is 370 g/mol. The fourth-order valence-corrected chi connectivity index (χ4v) is 3.80. The molecule has 0 aromatic rings. The van der Waals surface area contributed by atoms with Gasteiger partial charge in [0.05, 0.1) is 12.7 Å². The zero-order valence-electron chi connectivity index (χ0n) is 17.4. The van der Waals surface area contributed by atoms with E-state index in [9.17, 15) is 0 Å². The zero-order chi connectivity index (χ0) is 19.0. The van der Waals surface area contributed by atoms with E-state index in [1.165, 1.54) is 0 Å². The van der Waals surface area contributed by atoms with Crippen LogP contribution in [0.1, 0.15) is 26.7 Å². The van der Waals surface area contributed by atoms with Crippen molar-refractivity contribution in [1.82, 2.24) is 20.4 Å². The van der Waals surface area contributed by atoms with Gasteiger partial charge < -0.3 is 25.0 Å². The van der Waals surface area contributed by atoms with Crippen molar-refractivity contribution in [1.29, 1.82) is 0 Å². The largest absolute Gasteiger partial charge is 0.381 e. The lowest BCUT2D eigenvalue weighted by atomic mass is 9.88. The van der Waals surface area contributed by atoms with E-state index < -0.39 is 0 Å². The summed E-state index contributed by atoms with van der Waals surface area (Å²) >= 11 is 0. The molecule has 0 aliphatic carbocycles. The van der Waals surface area contributed by atoms with Crippen LogP contribution in [0.25, 0.3) is 0 Å². The Bertz CT molecular complexity index is 436. The van der Waals surface area contributed by atoms with E-state index in [0.29, 0.717) is 5.92 Å². The molecular formula is C19H39N5O2. The third-order valence-corrected chi connectivity index (χ3v) is 5.52. The molecule has 152 valence electrons. The summed E-state index contributed by atoms with van der Waals surface area (Å²) in [7, 11) is 6.14. The molecule has 2 heterocycles. The molecule has 1 atom stereocenters. The van der Waals surface area contributed by atoms with Gasteiger partial charge in [-0.3, -0.25) is 9.89 Å². The predicted molar refractivity (Wildman–Crippen MR) is 107 cm³/mol. The van der Waals surface area contributed by atoms with E-state index >= 15 is 0 Å². The first-order chi connectivity index (χ1) is 12.4. The van der Waals surface area contributed by atoms with Crippen molar-refractivity contribution in [3.05, 3.63) is 0 Å². The lowest BCUT2D eigenvalue weighted by molar-refractivity contribution is -0.0285. The van der Waals surface area contributed by atoms with Crippen LogP contribution in [0.15, 0.2) is 4.99 Å². The Kier molecular flexibility index (Phi) is 8.60. The molecule has 0 aromatic heterocycles. The highest BCUT2D eigenvalue weighted by atomic mass is 16.5. The molecule has 1 unspecified atom stereocenters. The second-order valence-electron chi connectivity index (χ2n) is 8.18. The van der Waals surface area contributed by atoms with Gasteiger partial charge in [-0.25, -0.2) is 0 Å². The number of likely N-dealkylation sites (N-methyl/N-ethyl adjacent to an activating group) is 1. The lowest BCUT2D eigenvalue weighted by Gasteiger charge is -2.43. The SMILES string of the molecule is CN=C(NCC1CN(CC(C)C)CCO1)NCC1(N(C)C)CCOCC1. The molecule has 0 saturated carbocycles.